The van der Waals surface area contributed by atoms with Gasteiger partial charge in [-0.25, -0.2) is 8.42 Å². The summed E-state index contributed by atoms with van der Waals surface area (Å²) in [7, 11) is -3.98. The fourth-order valence-electron chi connectivity index (χ4n) is 5.61. The third kappa shape index (κ3) is 5.54. The predicted octanol–water partition coefficient (Wildman–Crippen LogP) is 6.45. The quantitative estimate of drug-likeness (QED) is 0.365. The van der Waals surface area contributed by atoms with E-state index < -0.39 is 21.7 Å². The molecule has 0 bridgehead atoms. The number of nitrogens with one attached hydrogen (secondary N) is 1. The molecule has 0 fully saturated rings. The van der Waals surface area contributed by atoms with Gasteiger partial charge >= 0.3 is 0 Å². The molecule has 1 N–H and O–H groups in total. The van der Waals surface area contributed by atoms with Crippen LogP contribution >= 0.6 is 0 Å². The molecule has 0 aromatic heterocycles. The summed E-state index contributed by atoms with van der Waals surface area (Å²) in [6, 6.07) is 19.8. The number of ether oxygens (including phenoxy) is 2. The van der Waals surface area contributed by atoms with Gasteiger partial charge in [-0.15, -0.1) is 0 Å². The van der Waals surface area contributed by atoms with Gasteiger partial charge in [0.1, 0.15) is 17.1 Å². The van der Waals surface area contributed by atoms with Crippen LogP contribution in [0.15, 0.2) is 71.6 Å². The predicted molar refractivity (Wildman–Crippen MR) is 161 cm³/mol. The van der Waals surface area contributed by atoms with Gasteiger partial charge in [0.25, 0.3) is 15.9 Å². The molecule has 8 heteroatoms. The van der Waals surface area contributed by atoms with E-state index in [9.17, 15) is 13.2 Å². The molecule has 2 aliphatic heterocycles. The topological polar surface area (TPSA) is 84.9 Å². The van der Waals surface area contributed by atoms with Gasteiger partial charge < -0.3 is 14.8 Å². The molecular formula is C33H40N2O5S. The summed E-state index contributed by atoms with van der Waals surface area (Å²) in [6.45, 7) is 12.2. The van der Waals surface area contributed by atoms with E-state index in [0.29, 0.717) is 17.9 Å². The number of hydrogen-bond donors (Lipinski definition) is 1. The number of aryl methyl sites for hydroxylation is 1. The minimum atomic E-state index is -3.98. The first-order valence-electron chi connectivity index (χ1n) is 14.4. The van der Waals surface area contributed by atoms with Crippen molar-refractivity contribution in [2.75, 3.05) is 10.8 Å². The van der Waals surface area contributed by atoms with E-state index in [-0.39, 0.29) is 28.8 Å². The van der Waals surface area contributed by atoms with Gasteiger partial charge in [0.2, 0.25) is 0 Å². The Hall–Kier alpha value is -3.52. The summed E-state index contributed by atoms with van der Waals surface area (Å²) in [4.78, 5) is 14.0. The molecule has 5 rings (SSSR count). The first-order valence-corrected chi connectivity index (χ1v) is 15.8. The Labute approximate surface area is 243 Å². The van der Waals surface area contributed by atoms with Gasteiger partial charge in [-0.1, -0.05) is 76.6 Å². The second-order valence-corrected chi connectivity index (χ2v) is 14.0. The zero-order valence-electron chi connectivity index (χ0n) is 24.7. The standard InChI is InChI=1S/C33H40N2O5S/c1-7-33(8-2)20-26(25-11-9-10-12-28(25)40-33)34-31(36)30-21-35(41(37,38)24-16-13-22(3)14-17-24)27-19-23(32(4,5)6)15-18-29(27)39-30/h9-19,26,30H,7-8,20-21H2,1-6H3,(H,34,36)/t26-,30+/m1/s1. The van der Waals surface area contributed by atoms with E-state index in [0.717, 1.165) is 35.3 Å². The second-order valence-electron chi connectivity index (χ2n) is 12.2. The zero-order valence-corrected chi connectivity index (χ0v) is 25.5. The molecule has 0 saturated carbocycles. The van der Waals surface area contributed by atoms with Crippen LogP contribution in [0.2, 0.25) is 0 Å². The Morgan fingerprint density at radius 2 is 1.68 bits per heavy atom. The highest BCUT2D eigenvalue weighted by molar-refractivity contribution is 7.92. The Morgan fingerprint density at radius 1 is 1.00 bits per heavy atom. The number of amides is 1. The van der Waals surface area contributed by atoms with Crippen molar-refractivity contribution in [1.82, 2.24) is 5.32 Å². The molecule has 7 nitrogen and oxygen atoms in total. The van der Waals surface area contributed by atoms with E-state index in [1.54, 1.807) is 30.3 Å². The van der Waals surface area contributed by atoms with Gasteiger partial charge in [0.05, 0.1) is 23.2 Å². The highest BCUT2D eigenvalue weighted by Crippen LogP contribution is 2.44. The van der Waals surface area contributed by atoms with Crippen molar-refractivity contribution in [3.8, 4) is 11.5 Å². The molecule has 0 radical (unpaired) electrons. The summed E-state index contributed by atoms with van der Waals surface area (Å²) in [5.41, 5.74) is 2.69. The Kier molecular flexibility index (Phi) is 7.57. The van der Waals surface area contributed by atoms with E-state index in [4.69, 9.17) is 9.47 Å². The SMILES string of the molecule is CCC1(CC)C[C@@H](NC(=O)[C@@H]2CN(S(=O)(=O)c3ccc(C)cc3)c3cc(C(C)(C)C)ccc3O2)c2ccccc2O1. The lowest BCUT2D eigenvalue weighted by molar-refractivity contribution is -0.129. The van der Waals surface area contributed by atoms with Crippen LogP contribution < -0.4 is 19.1 Å². The third-order valence-corrected chi connectivity index (χ3v) is 10.2. The van der Waals surface area contributed by atoms with Gasteiger partial charge in [0.15, 0.2) is 6.10 Å². The monoisotopic (exact) mass is 576 g/mol. The molecule has 2 heterocycles. The summed E-state index contributed by atoms with van der Waals surface area (Å²) in [5.74, 6) is 0.771. The molecule has 0 unspecified atom stereocenters. The number of benzene rings is 3. The molecule has 2 atom stereocenters. The van der Waals surface area contributed by atoms with Gasteiger partial charge in [0, 0.05) is 12.0 Å². The largest absolute Gasteiger partial charge is 0.487 e. The summed E-state index contributed by atoms with van der Waals surface area (Å²) >= 11 is 0. The van der Waals surface area contributed by atoms with E-state index >= 15 is 0 Å². The molecule has 2 aliphatic rings. The van der Waals surface area contributed by atoms with Gasteiger partial charge in [-0.3, -0.25) is 9.10 Å². The maximum Gasteiger partial charge on any atom is 0.264 e. The number of fused-ring (bicyclic) bond motifs is 2. The molecule has 218 valence electrons. The van der Waals surface area contributed by atoms with Crippen LogP contribution in [0.25, 0.3) is 0 Å². The average Bonchev–Trinajstić information content (AvgIpc) is 2.95. The molecule has 3 aromatic carbocycles. The van der Waals surface area contributed by atoms with Crippen LogP contribution in [0, 0.1) is 6.92 Å². The lowest BCUT2D eigenvalue weighted by atomic mass is 9.83. The smallest absolute Gasteiger partial charge is 0.264 e. The van der Waals surface area contributed by atoms with Crippen molar-refractivity contribution in [2.45, 2.75) is 88.9 Å². The number of para-hydroxylation sites is 1. The minimum absolute atomic E-state index is 0.139. The maximum absolute atomic E-state index is 14.0. The molecular weight excluding hydrogens is 536 g/mol. The van der Waals surface area contributed by atoms with E-state index in [2.05, 4.69) is 39.9 Å². The van der Waals surface area contributed by atoms with E-state index in [1.807, 2.05) is 43.3 Å². The van der Waals surface area contributed by atoms with Gasteiger partial charge in [-0.05, 0) is 61.1 Å². The Morgan fingerprint density at radius 3 is 2.34 bits per heavy atom. The van der Waals surface area contributed by atoms with Crippen LogP contribution in [0.1, 0.15) is 76.6 Å². The van der Waals surface area contributed by atoms with Crippen LogP contribution in [0.5, 0.6) is 11.5 Å². The molecule has 0 saturated heterocycles. The van der Waals surface area contributed by atoms with Crippen molar-refractivity contribution in [2.24, 2.45) is 0 Å². The minimum Gasteiger partial charge on any atom is -0.487 e. The summed E-state index contributed by atoms with van der Waals surface area (Å²) in [6.07, 6.45) is 1.19. The number of sulfonamides is 1. The third-order valence-electron chi connectivity index (χ3n) is 8.40. The first-order chi connectivity index (χ1) is 19.4. The van der Waals surface area contributed by atoms with Crippen LogP contribution in [0.3, 0.4) is 0 Å². The first kappa shape index (κ1) is 29.0. The Bertz CT molecular complexity index is 1540. The van der Waals surface area contributed by atoms with Gasteiger partial charge in [-0.2, -0.15) is 0 Å². The lowest BCUT2D eigenvalue weighted by Crippen LogP contribution is -2.53. The van der Waals surface area contributed by atoms with Crippen molar-refractivity contribution in [3.63, 3.8) is 0 Å². The molecule has 3 aromatic rings. The van der Waals surface area contributed by atoms with Crippen molar-refractivity contribution >= 4 is 21.6 Å². The zero-order chi connectivity index (χ0) is 29.6. The van der Waals surface area contributed by atoms with Crippen LogP contribution in [-0.4, -0.2) is 32.6 Å². The van der Waals surface area contributed by atoms with E-state index in [1.165, 1.54) is 4.31 Å². The highest BCUT2D eigenvalue weighted by Gasteiger charge is 2.42. The van der Waals surface area contributed by atoms with Crippen molar-refractivity contribution < 1.29 is 22.7 Å². The number of carbonyl (C=O) groups excluding carboxylic acids is 1. The molecule has 0 spiro atoms. The summed E-state index contributed by atoms with van der Waals surface area (Å²) < 4.78 is 42.0. The second kappa shape index (κ2) is 10.7. The fourth-order valence-corrected chi connectivity index (χ4v) is 7.08. The maximum atomic E-state index is 14.0. The normalized spacial score (nSPS) is 19.8. The Balaban J connectivity index is 1.50. The van der Waals surface area contributed by atoms with Crippen LogP contribution in [0.4, 0.5) is 5.69 Å². The number of anilines is 1. The summed E-state index contributed by atoms with van der Waals surface area (Å²) in [5, 5.41) is 3.19. The fraction of sp³-hybridized carbons (Fsp3) is 0.424. The van der Waals surface area contributed by atoms with Crippen LogP contribution in [-0.2, 0) is 20.2 Å². The number of hydrogen-bond acceptors (Lipinski definition) is 5. The number of carbonyl (C=O) groups is 1. The number of rotatable bonds is 6. The molecule has 41 heavy (non-hydrogen) atoms. The van der Waals surface area contributed by atoms with Crippen molar-refractivity contribution in [3.05, 3.63) is 83.4 Å². The number of nitrogens with zero attached hydrogens (tertiary/aromatic N) is 1. The van der Waals surface area contributed by atoms with Crippen molar-refractivity contribution in [1.29, 1.82) is 0 Å². The highest BCUT2D eigenvalue weighted by atomic mass is 32.2. The lowest BCUT2D eigenvalue weighted by Gasteiger charge is -2.42. The molecule has 0 aliphatic carbocycles. The molecule has 1 amide bonds. The average molecular weight is 577 g/mol.